The van der Waals surface area contributed by atoms with Gasteiger partial charge in [-0.3, -0.25) is 4.79 Å². The fraction of sp³-hybridized carbons (Fsp3) is 0.455. The second-order valence-corrected chi connectivity index (χ2v) is 8.69. The van der Waals surface area contributed by atoms with Crippen LogP contribution in [0.3, 0.4) is 0 Å². The second kappa shape index (κ2) is 8.50. The quantitative estimate of drug-likeness (QED) is 0.802. The van der Waals surface area contributed by atoms with Gasteiger partial charge in [0.25, 0.3) is 0 Å². The van der Waals surface area contributed by atoms with Crippen molar-refractivity contribution in [3.63, 3.8) is 0 Å². The van der Waals surface area contributed by atoms with Gasteiger partial charge in [0.15, 0.2) is 0 Å². The number of likely N-dealkylation sites (N-methyl/N-ethyl adjacent to an activating group) is 1. The van der Waals surface area contributed by atoms with Crippen molar-refractivity contribution in [1.29, 1.82) is 0 Å². The Morgan fingerprint density at radius 2 is 2.00 bits per heavy atom. The van der Waals surface area contributed by atoms with Crippen LogP contribution in [0.5, 0.6) is 5.88 Å². The standard InChI is InChI=1S/C22H28ClN3O2/c1-15-6-5-11-24-20(15)28-14-22(2,3)21(27)25-19-13-26(4)12-18(19)16-7-9-17(23)10-8-16/h5-11,18-19H,12-14H2,1-4H3,(H,25,27)/t18-,19+/m0/s1. The number of nitrogens with one attached hydrogen (secondary N) is 1. The summed E-state index contributed by atoms with van der Waals surface area (Å²) in [6.45, 7) is 7.73. The maximum atomic E-state index is 13.0. The summed E-state index contributed by atoms with van der Waals surface area (Å²) < 4.78 is 5.84. The van der Waals surface area contributed by atoms with E-state index in [0.717, 1.165) is 23.7 Å². The zero-order valence-corrected chi connectivity index (χ0v) is 17.7. The number of amides is 1. The van der Waals surface area contributed by atoms with Crippen LogP contribution in [0.4, 0.5) is 0 Å². The fourth-order valence-electron chi connectivity index (χ4n) is 3.49. The molecule has 150 valence electrons. The molecule has 3 rings (SSSR count). The van der Waals surface area contributed by atoms with Crippen molar-refractivity contribution in [2.24, 2.45) is 5.41 Å². The number of carbonyl (C=O) groups excluding carboxylic acids is 1. The molecule has 1 aliphatic heterocycles. The minimum absolute atomic E-state index is 0.0136. The van der Waals surface area contributed by atoms with Crippen LogP contribution < -0.4 is 10.1 Å². The predicted octanol–water partition coefficient (Wildman–Crippen LogP) is 3.66. The average molecular weight is 402 g/mol. The number of hydrogen-bond acceptors (Lipinski definition) is 4. The topological polar surface area (TPSA) is 54.5 Å². The number of halogens is 1. The Morgan fingerprint density at radius 1 is 1.29 bits per heavy atom. The predicted molar refractivity (Wildman–Crippen MR) is 112 cm³/mol. The van der Waals surface area contributed by atoms with Gasteiger partial charge in [0.1, 0.15) is 6.61 Å². The van der Waals surface area contributed by atoms with Crippen molar-refractivity contribution in [3.8, 4) is 5.88 Å². The molecule has 2 aromatic rings. The summed E-state index contributed by atoms with van der Waals surface area (Å²) in [5, 5.41) is 3.97. The number of aryl methyl sites for hydroxylation is 1. The third-order valence-corrected chi connectivity index (χ3v) is 5.51. The summed E-state index contributed by atoms with van der Waals surface area (Å²) in [4.78, 5) is 19.5. The molecular weight excluding hydrogens is 374 g/mol. The van der Waals surface area contributed by atoms with Crippen molar-refractivity contribution in [2.75, 3.05) is 26.7 Å². The number of carbonyl (C=O) groups is 1. The van der Waals surface area contributed by atoms with Gasteiger partial charge in [0, 0.05) is 41.8 Å². The number of hydrogen-bond donors (Lipinski definition) is 1. The molecule has 2 atom stereocenters. The molecule has 28 heavy (non-hydrogen) atoms. The summed E-state index contributed by atoms with van der Waals surface area (Å²) >= 11 is 6.02. The first kappa shape index (κ1) is 20.6. The third-order valence-electron chi connectivity index (χ3n) is 5.26. The molecule has 0 aliphatic carbocycles. The Bertz CT molecular complexity index is 823. The van der Waals surface area contributed by atoms with Crippen molar-refractivity contribution in [3.05, 3.63) is 58.7 Å². The molecule has 1 amide bonds. The number of pyridine rings is 1. The Balaban J connectivity index is 1.65. The molecule has 1 aromatic heterocycles. The number of rotatable bonds is 6. The van der Waals surface area contributed by atoms with Crippen molar-refractivity contribution < 1.29 is 9.53 Å². The first-order valence-electron chi connectivity index (χ1n) is 9.55. The van der Waals surface area contributed by atoms with Gasteiger partial charge in [-0.2, -0.15) is 0 Å². The van der Waals surface area contributed by atoms with E-state index in [-0.39, 0.29) is 24.5 Å². The molecule has 0 bridgehead atoms. The van der Waals surface area contributed by atoms with Gasteiger partial charge in [0.2, 0.25) is 11.8 Å². The summed E-state index contributed by atoms with van der Waals surface area (Å²) in [6, 6.07) is 11.8. The molecule has 0 saturated carbocycles. The maximum absolute atomic E-state index is 13.0. The van der Waals surface area contributed by atoms with Crippen LogP contribution in [0.2, 0.25) is 5.02 Å². The fourth-order valence-corrected chi connectivity index (χ4v) is 3.62. The van der Waals surface area contributed by atoms with Gasteiger partial charge in [-0.05, 0) is 51.6 Å². The lowest BCUT2D eigenvalue weighted by Crippen LogP contribution is -2.48. The molecule has 1 N–H and O–H groups in total. The SMILES string of the molecule is Cc1cccnc1OCC(C)(C)C(=O)N[C@@H]1CN(C)C[C@H]1c1ccc(Cl)cc1. The van der Waals surface area contributed by atoms with Crippen molar-refractivity contribution in [2.45, 2.75) is 32.7 Å². The van der Waals surface area contributed by atoms with E-state index in [9.17, 15) is 4.79 Å². The summed E-state index contributed by atoms with van der Waals surface area (Å²) in [5.41, 5.74) is 1.48. The minimum atomic E-state index is -0.671. The van der Waals surface area contributed by atoms with Gasteiger partial charge in [-0.1, -0.05) is 29.8 Å². The van der Waals surface area contributed by atoms with E-state index in [4.69, 9.17) is 16.3 Å². The Labute approximate surface area is 172 Å². The molecule has 0 spiro atoms. The molecule has 6 heteroatoms. The molecule has 5 nitrogen and oxygen atoms in total. The number of nitrogens with zero attached hydrogens (tertiary/aromatic N) is 2. The molecular formula is C22H28ClN3O2. The Hall–Kier alpha value is -2.11. The van der Waals surface area contributed by atoms with Crippen LogP contribution in [-0.2, 0) is 4.79 Å². The van der Waals surface area contributed by atoms with E-state index >= 15 is 0 Å². The van der Waals surface area contributed by atoms with Crippen LogP contribution in [-0.4, -0.2) is 48.6 Å². The van der Waals surface area contributed by atoms with E-state index in [1.54, 1.807) is 6.20 Å². The maximum Gasteiger partial charge on any atom is 0.229 e. The third kappa shape index (κ3) is 4.83. The average Bonchev–Trinajstić information content (AvgIpc) is 3.02. The highest BCUT2D eigenvalue weighted by molar-refractivity contribution is 6.30. The lowest BCUT2D eigenvalue weighted by atomic mass is 9.90. The number of aromatic nitrogens is 1. The number of ether oxygens (including phenoxy) is 1. The summed E-state index contributed by atoms with van der Waals surface area (Å²) in [6.07, 6.45) is 1.69. The second-order valence-electron chi connectivity index (χ2n) is 8.26. The first-order chi connectivity index (χ1) is 13.3. The highest BCUT2D eigenvalue weighted by Gasteiger charge is 2.37. The van der Waals surface area contributed by atoms with Gasteiger partial charge >= 0.3 is 0 Å². The van der Waals surface area contributed by atoms with Gasteiger partial charge in [-0.15, -0.1) is 0 Å². The van der Waals surface area contributed by atoms with Crippen molar-refractivity contribution in [1.82, 2.24) is 15.2 Å². The Kier molecular flexibility index (Phi) is 6.26. The summed E-state index contributed by atoms with van der Waals surface area (Å²) in [7, 11) is 2.08. The molecule has 1 fully saturated rings. The zero-order chi connectivity index (χ0) is 20.3. The monoisotopic (exact) mass is 401 g/mol. The normalized spacial score (nSPS) is 20.2. The highest BCUT2D eigenvalue weighted by Crippen LogP contribution is 2.29. The largest absolute Gasteiger partial charge is 0.476 e. The zero-order valence-electron chi connectivity index (χ0n) is 16.9. The van der Waals surface area contributed by atoms with Crippen LogP contribution in [0.25, 0.3) is 0 Å². The van der Waals surface area contributed by atoms with Crippen molar-refractivity contribution >= 4 is 17.5 Å². The molecule has 2 heterocycles. The van der Waals surface area contributed by atoms with E-state index in [1.807, 2.05) is 57.2 Å². The number of likely N-dealkylation sites (tertiary alicyclic amines) is 1. The molecule has 0 radical (unpaired) electrons. The van der Waals surface area contributed by atoms with Gasteiger partial charge < -0.3 is 15.0 Å². The molecule has 1 aromatic carbocycles. The minimum Gasteiger partial charge on any atom is -0.476 e. The lowest BCUT2D eigenvalue weighted by molar-refractivity contribution is -0.131. The van der Waals surface area contributed by atoms with E-state index < -0.39 is 5.41 Å². The van der Waals surface area contributed by atoms with Gasteiger partial charge in [-0.25, -0.2) is 4.98 Å². The lowest BCUT2D eigenvalue weighted by Gasteiger charge is -2.28. The van der Waals surface area contributed by atoms with Crippen LogP contribution in [0.1, 0.15) is 30.9 Å². The van der Waals surface area contributed by atoms with Crippen LogP contribution >= 0.6 is 11.6 Å². The van der Waals surface area contributed by atoms with E-state index in [1.165, 1.54) is 5.56 Å². The Morgan fingerprint density at radius 3 is 2.68 bits per heavy atom. The number of benzene rings is 1. The van der Waals surface area contributed by atoms with E-state index in [2.05, 4.69) is 22.2 Å². The van der Waals surface area contributed by atoms with Crippen LogP contribution in [0.15, 0.2) is 42.6 Å². The summed E-state index contributed by atoms with van der Waals surface area (Å²) in [5.74, 6) is 0.796. The van der Waals surface area contributed by atoms with E-state index in [0.29, 0.717) is 5.88 Å². The highest BCUT2D eigenvalue weighted by atomic mass is 35.5. The molecule has 1 aliphatic rings. The molecule has 1 saturated heterocycles. The smallest absolute Gasteiger partial charge is 0.229 e. The molecule has 0 unspecified atom stereocenters. The van der Waals surface area contributed by atoms with Gasteiger partial charge in [0.05, 0.1) is 5.41 Å². The van der Waals surface area contributed by atoms with Crippen LogP contribution in [0, 0.1) is 12.3 Å². The first-order valence-corrected chi connectivity index (χ1v) is 9.93.